The number of halogens is 1. The number of nitrogens with zero attached hydrogens (tertiary/aromatic N) is 3. The van der Waals surface area contributed by atoms with E-state index in [2.05, 4.69) is 14.8 Å². The van der Waals surface area contributed by atoms with Crippen molar-refractivity contribution in [3.63, 3.8) is 0 Å². The van der Waals surface area contributed by atoms with Crippen molar-refractivity contribution in [2.45, 2.75) is 0 Å². The Morgan fingerprint density at radius 1 is 1.31 bits per heavy atom. The van der Waals surface area contributed by atoms with Gasteiger partial charge in [0.15, 0.2) is 11.6 Å². The lowest BCUT2D eigenvalue weighted by atomic mass is 10.3. The minimum atomic E-state index is -0.433. The molecule has 0 atom stereocenters. The zero-order valence-corrected chi connectivity index (χ0v) is 7.16. The number of benzene rings is 1. The van der Waals surface area contributed by atoms with Crippen molar-refractivity contribution in [2.24, 2.45) is 0 Å². The normalized spacial score (nSPS) is 9.92. The summed E-state index contributed by atoms with van der Waals surface area (Å²) in [4.78, 5) is 0. The van der Waals surface area contributed by atoms with E-state index in [0.717, 1.165) is 11.5 Å². The summed E-state index contributed by atoms with van der Waals surface area (Å²) in [6.07, 6.45) is 0. The van der Waals surface area contributed by atoms with Gasteiger partial charge in [-0.25, -0.2) is 4.39 Å². The Labute approximate surface area is 77.1 Å². The van der Waals surface area contributed by atoms with Crippen molar-refractivity contribution in [1.82, 2.24) is 14.8 Å². The highest BCUT2D eigenvalue weighted by Crippen LogP contribution is 2.23. The minimum absolute atomic E-state index is 0.126. The van der Waals surface area contributed by atoms with Gasteiger partial charge in [0.25, 0.3) is 0 Å². The molecule has 0 aliphatic rings. The highest BCUT2D eigenvalue weighted by Gasteiger charge is 2.05. The molecule has 1 heterocycles. The molecule has 1 aromatic heterocycles. The van der Waals surface area contributed by atoms with Gasteiger partial charge in [-0.3, -0.25) is 0 Å². The quantitative estimate of drug-likeness (QED) is 0.737. The van der Waals surface area contributed by atoms with E-state index >= 15 is 0 Å². The van der Waals surface area contributed by atoms with Gasteiger partial charge in [-0.05, 0) is 17.3 Å². The Morgan fingerprint density at radius 3 is 2.85 bits per heavy atom. The van der Waals surface area contributed by atoms with Crippen LogP contribution in [0.4, 0.5) is 4.39 Å². The third kappa shape index (κ3) is 1.78. The first-order chi connectivity index (χ1) is 6.36. The summed E-state index contributed by atoms with van der Waals surface area (Å²) in [6.45, 7) is 0. The number of hydrogen-bond donors (Lipinski definition) is 0. The van der Waals surface area contributed by atoms with Crippen LogP contribution in [-0.2, 0) is 0 Å². The van der Waals surface area contributed by atoms with Crippen LogP contribution in [0, 0.1) is 5.82 Å². The van der Waals surface area contributed by atoms with Crippen LogP contribution in [-0.4, -0.2) is 14.8 Å². The maximum atomic E-state index is 13.0. The third-order valence-electron chi connectivity index (χ3n) is 1.32. The zero-order valence-electron chi connectivity index (χ0n) is 6.35. The van der Waals surface area contributed by atoms with Crippen molar-refractivity contribution in [1.29, 1.82) is 0 Å². The molecule has 0 aliphatic carbocycles. The molecule has 66 valence electrons. The smallest absolute Gasteiger partial charge is 0.319 e. The van der Waals surface area contributed by atoms with Gasteiger partial charge in [0.2, 0.25) is 0 Å². The molecule has 1 aromatic carbocycles. The Bertz CT molecular complexity index is 392. The van der Waals surface area contributed by atoms with Crippen LogP contribution in [0.1, 0.15) is 0 Å². The molecule has 0 bridgehead atoms. The van der Waals surface area contributed by atoms with Gasteiger partial charge < -0.3 is 4.74 Å². The highest BCUT2D eigenvalue weighted by atomic mass is 32.1. The lowest BCUT2D eigenvalue weighted by Crippen LogP contribution is -1.86. The SMILES string of the molecule is Fc1ccccc1Oc1nnns1. The van der Waals surface area contributed by atoms with Crippen molar-refractivity contribution in [3.8, 4) is 10.9 Å². The molecule has 0 spiro atoms. The zero-order chi connectivity index (χ0) is 9.10. The van der Waals surface area contributed by atoms with Crippen LogP contribution in [0.2, 0.25) is 0 Å². The second kappa shape index (κ2) is 3.44. The summed E-state index contributed by atoms with van der Waals surface area (Å²) < 4.78 is 21.5. The Kier molecular flexibility index (Phi) is 2.13. The molecule has 13 heavy (non-hydrogen) atoms. The Morgan fingerprint density at radius 2 is 2.15 bits per heavy atom. The second-order valence-electron chi connectivity index (χ2n) is 2.16. The molecule has 6 heteroatoms. The molecule has 2 aromatic rings. The summed E-state index contributed by atoms with van der Waals surface area (Å²) in [5.74, 6) is -0.307. The standard InChI is InChI=1S/C7H4FN3OS/c8-5-3-1-2-4-6(5)12-7-9-10-11-13-7/h1-4H. The summed E-state index contributed by atoms with van der Waals surface area (Å²) in [7, 11) is 0. The molecular formula is C7H4FN3OS. The van der Waals surface area contributed by atoms with Gasteiger partial charge in [-0.2, -0.15) is 0 Å². The number of ether oxygens (including phenoxy) is 1. The van der Waals surface area contributed by atoms with Crippen molar-refractivity contribution in [3.05, 3.63) is 30.1 Å². The number of hydrogen-bond acceptors (Lipinski definition) is 5. The first-order valence-corrected chi connectivity index (χ1v) is 4.21. The van der Waals surface area contributed by atoms with Crippen LogP contribution in [0.3, 0.4) is 0 Å². The van der Waals surface area contributed by atoms with Gasteiger partial charge >= 0.3 is 5.19 Å². The van der Waals surface area contributed by atoms with Gasteiger partial charge in [-0.15, -0.1) is 0 Å². The molecule has 0 fully saturated rings. The van der Waals surface area contributed by atoms with E-state index in [4.69, 9.17) is 4.74 Å². The van der Waals surface area contributed by atoms with Crippen LogP contribution in [0.25, 0.3) is 0 Å². The predicted molar refractivity (Wildman–Crippen MR) is 44.2 cm³/mol. The highest BCUT2D eigenvalue weighted by molar-refractivity contribution is 7.07. The van der Waals surface area contributed by atoms with E-state index < -0.39 is 5.82 Å². The molecular weight excluding hydrogens is 193 g/mol. The molecule has 4 nitrogen and oxygen atoms in total. The molecule has 0 aliphatic heterocycles. The second-order valence-corrected chi connectivity index (χ2v) is 2.86. The van der Waals surface area contributed by atoms with Gasteiger partial charge in [0.1, 0.15) is 0 Å². The Hall–Kier alpha value is -1.56. The fraction of sp³-hybridized carbons (Fsp3) is 0. The molecule has 0 saturated heterocycles. The van der Waals surface area contributed by atoms with Gasteiger partial charge in [-0.1, -0.05) is 21.7 Å². The van der Waals surface area contributed by atoms with Crippen LogP contribution < -0.4 is 4.74 Å². The molecule has 0 unspecified atom stereocenters. The Balaban J connectivity index is 2.24. The average Bonchev–Trinajstić information content (AvgIpc) is 2.61. The largest absolute Gasteiger partial charge is 0.426 e. The molecule has 0 saturated carbocycles. The van der Waals surface area contributed by atoms with E-state index in [1.165, 1.54) is 12.1 Å². The first kappa shape index (κ1) is 8.06. The van der Waals surface area contributed by atoms with E-state index in [1.54, 1.807) is 12.1 Å². The molecule has 0 amide bonds. The lowest BCUT2D eigenvalue weighted by molar-refractivity contribution is 0.435. The molecule has 0 radical (unpaired) electrons. The number of aromatic nitrogens is 3. The number of rotatable bonds is 2. The van der Waals surface area contributed by atoms with Crippen molar-refractivity contribution in [2.75, 3.05) is 0 Å². The fourth-order valence-corrected chi connectivity index (χ4v) is 1.13. The fourth-order valence-electron chi connectivity index (χ4n) is 0.787. The summed E-state index contributed by atoms with van der Waals surface area (Å²) >= 11 is 0.965. The minimum Gasteiger partial charge on any atom is -0.426 e. The summed E-state index contributed by atoms with van der Waals surface area (Å²) in [6, 6.07) is 6.08. The van der Waals surface area contributed by atoms with Crippen molar-refractivity contribution >= 4 is 11.5 Å². The van der Waals surface area contributed by atoms with Crippen LogP contribution in [0.15, 0.2) is 24.3 Å². The lowest BCUT2D eigenvalue weighted by Gasteiger charge is -1.99. The van der Waals surface area contributed by atoms with Crippen molar-refractivity contribution < 1.29 is 9.13 Å². The van der Waals surface area contributed by atoms with Crippen LogP contribution in [0.5, 0.6) is 10.9 Å². The monoisotopic (exact) mass is 197 g/mol. The summed E-state index contributed by atoms with van der Waals surface area (Å²) in [5, 5.41) is 7.07. The first-order valence-electron chi connectivity index (χ1n) is 3.43. The van der Waals surface area contributed by atoms with E-state index in [0.29, 0.717) is 0 Å². The van der Waals surface area contributed by atoms with Gasteiger partial charge in [0, 0.05) is 11.5 Å². The van der Waals surface area contributed by atoms with E-state index in [-0.39, 0.29) is 10.9 Å². The summed E-state index contributed by atoms with van der Waals surface area (Å²) in [5.41, 5.74) is 0. The van der Waals surface area contributed by atoms with E-state index in [1.807, 2.05) is 0 Å². The third-order valence-corrected chi connectivity index (χ3v) is 1.79. The molecule has 0 N–H and O–H groups in total. The average molecular weight is 197 g/mol. The predicted octanol–water partition coefficient (Wildman–Crippen LogP) is 1.86. The van der Waals surface area contributed by atoms with E-state index in [9.17, 15) is 4.39 Å². The van der Waals surface area contributed by atoms with Crippen LogP contribution >= 0.6 is 11.5 Å². The number of para-hydroxylation sites is 1. The van der Waals surface area contributed by atoms with Gasteiger partial charge in [0.05, 0.1) is 0 Å². The maximum Gasteiger partial charge on any atom is 0.319 e. The maximum absolute atomic E-state index is 13.0. The topological polar surface area (TPSA) is 47.9 Å². The molecule has 2 rings (SSSR count).